The quantitative estimate of drug-likeness (QED) is 0.870. The summed E-state index contributed by atoms with van der Waals surface area (Å²) < 4.78 is 5.32. The summed E-state index contributed by atoms with van der Waals surface area (Å²) in [5, 5.41) is 18.5. The molecule has 3 nitrogen and oxygen atoms in total. The third-order valence-corrected chi connectivity index (χ3v) is 3.17. The van der Waals surface area contributed by atoms with E-state index in [1.54, 1.807) is 14.0 Å². The Morgan fingerprint density at radius 2 is 2.11 bits per heavy atom. The molecular weight excluding hydrogens is 226 g/mol. The minimum Gasteiger partial charge on any atom is -0.496 e. The molecule has 0 aromatic heterocycles. The van der Waals surface area contributed by atoms with Gasteiger partial charge in [-0.3, -0.25) is 0 Å². The molecule has 0 saturated heterocycles. The number of nitriles is 1. The maximum Gasteiger partial charge on any atom is 0.122 e. The van der Waals surface area contributed by atoms with E-state index >= 15 is 0 Å². The molecule has 18 heavy (non-hydrogen) atoms. The van der Waals surface area contributed by atoms with Crippen molar-refractivity contribution in [2.75, 3.05) is 13.7 Å². The van der Waals surface area contributed by atoms with Gasteiger partial charge in [-0.2, -0.15) is 5.26 Å². The standard InChI is InChI=1S/C15H21NO2/c1-11(2)12-5-6-14(18-4)13(7-12)8-15(3,9-16)10-17/h5-7,11,17H,8,10H2,1-4H3. The number of rotatable bonds is 5. The molecular formula is C15H21NO2. The molecule has 0 aliphatic carbocycles. The number of ether oxygens (including phenoxy) is 1. The molecule has 0 saturated carbocycles. The largest absolute Gasteiger partial charge is 0.496 e. The summed E-state index contributed by atoms with van der Waals surface area (Å²) >= 11 is 0. The van der Waals surface area contributed by atoms with Crippen LogP contribution in [0.4, 0.5) is 0 Å². The van der Waals surface area contributed by atoms with Crippen LogP contribution < -0.4 is 4.74 Å². The first kappa shape index (κ1) is 14.5. The van der Waals surface area contributed by atoms with Crippen molar-refractivity contribution < 1.29 is 9.84 Å². The second-order valence-electron chi connectivity index (χ2n) is 5.23. The van der Waals surface area contributed by atoms with Gasteiger partial charge < -0.3 is 9.84 Å². The molecule has 0 heterocycles. The lowest BCUT2D eigenvalue weighted by atomic mass is 9.84. The van der Waals surface area contributed by atoms with Gasteiger partial charge >= 0.3 is 0 Å². The molecule has 0 radical (unpaired) electrons. The Balaban J connectivity index is 3.13. The van der Waals surface area contributed by atoms with Gasteiger partial charge in [-0.05, 0) is 36.5 Å². The highest BCUT2D eigenvalue weighted by atomic mass is 16.5. The Hall–Kier alpha value is -1.53. The van der Waals surface area contributed by atoms with Gasteiger partial charge in [0.05, 0.1) is 25.2 Å². The monoisotopic (exact) mass is 247 g/mol. The van der Waals surface area contributed by atoms with Crippen LogP contribution in [-0.2, 0) is 6.42 Å². The van der Waals surface area contributed by atoms with Crippen molar-refractivity contribution >= 4 is 0 Å². The summed E-state index contributed by atoms with van der Waals surface area (Å²) in [5.41, 5.74) is 1.42. The maximum atomic E-state index is 9.33. The normalized spacial score (nSPS) is 14.1. The maximum absolute atomic E-state index is 9.33. The van der Waals surface area contributed by atoms with Gasteiger partial charge in [-0.15, -0.1) is 0 Å². The highest BCUT2D eigenvalue weighted by Gasteiger charge is 2.25. The van der Waals surface area contributed by atoms with Crippen LogP contribution in [0, 0.1) is 16.7 Å². The Bertz CT molecular complexity index is 448. The number of nitrogens with zero attached hydrogens (tertiary/aromatic N) is 1. The number of aliphatic hydroxyl groups excluding tert-OH is 1. The Labute approximate surface area is 109 Å². The summed E-state index contributed by atoms with van der Waals surface area (Å²) in [7, 11) is 1.62. The van der Waals surface area contributed by atoms with Crippen LogP contribution in [0.2, 0.25) is 0 Å². The predicted molar refractivity (Wildman–Crippen MR) is 71.6 cm³/mol. The summed E-state index contributed by atoms with van der Waals surface area (Å²) in [6, 6.07) is 8.20. The van der Waals surface area contributed by atoms with Gasteiger partial charge in [0.2, 0.25) is 0 Å². The molecule has 1 aromatic rings. The first-order chi connectivity index (χ1) is 8.45. The van der Waals surface area contributed by atoms with Crippen molar-refractivity contribution in [3.63, 3.8) is 0 Å². The van der Waals surface area contributed by atoms with E-state index < -0.39 is 5.41 Å². The molecule has 1 rings (SSSR count). The van der Waals surface area contributed by atoms with Crippen molar-refractivity contribution in [3.05, 3.63) is 29.3 Å². The first-order valence-corrected chi connectivity index (χ1v) is 6.14. The number of aliphatic hydroxyl groups is 1. The molecule has 0 bridgehead atoms. The lowest BCUT2D eigenvalue weighted by molar-refractivity contribution is 0.189. The van der Waals surface area contributed by atoms with Crippen molar-refractivity contribution in [3.8, 4) is 11.8 Å². The van der Waals surface area contributed by atoms with Crippen molar-refractivity contribution in [2.45, 2.75) is 33.1 Å². The molecule has 0 aliphatic rings. The second-order valence-corrected chi connectivity index (χ2v) is 5.23. The fraction of sp³-hybridized carbons (Fsp3) is 0.533. The first-order valence-electron chi connectivity index (χ1n) is 6.14. The molecule has 0 amide bonds. The highest BCUT2D eigenvalue weighted by Crippen LogP contribution is 2.30. The molecule has 1 atom stereocenters. The van der Waals surface area contributed by atoms with E-state index in [0.717, 1.165) is 11.3 Å². The Kier molecular flexibility index (Phi) is 4.75. The van der Waals surface area contributed by atoms with Crippen LogP contribution in [0.3, 0.4) is 0 Å². The molecule has 1 unspecified atom stereocenters. The summed E-state index contributed by atoms with van der Waals surface area (Å²) in [4.78, 5) is 0. The molecule has 0 spiro atoms. The SMILES string of the molecule is COc1ccc(C(C)C)cc1CC(C)(C#N)CO. The molecule has 0 aliphatic heterocycles. The number of hydrogen-bond donors (Lipinski definition) is 1. The molecule has 0 fully saturated rings. The van der Waals surface area contributed by atoms with Crippen molar-refractivity contribution in [1.82, 2.24) is 0 Å². The van der Waals surface area contributed by atoms with E-state index in [0.29, 0.717) is 12.3 Å². The van der Waals surface area contributed by atoms with Gasteiger partial charge in [0.25, 0.3) is 0 Å². The van der Waals surface area contributed by atoms with E-state index in [1.165, 1.54) is 5.56 Å². The minimum atomic E-state index is -0.761. The number of benzene rings is 1. The van der Waals surface area contributed by atoms with E-state index in [1.807, 2.05) is 12.1 Å². The van der Waals surface area contributed by atoms with E-state index in [4.69, 9.17) is 10.00 Å². The second kappa shape index (κ2) is 5.88. The fourth-order valence-electron chi connectivity index (χ4n) is 1.85. The average molecular weight is 247 g/mol. The number of hydrogen-bond acceptors (Lipinski definition) is 3. The summed E-state index contributed by atoms with van der Waals surface area (Å²) in [5.74, 6) is 1.20. The van der Waals surface area contributed by atoms with Gasteiger partial charge in [-0.25, -0.2) is 0 Å². The molecule has 1 aromatic carbocycles. The van der Waals surface area contributed by atoms with Crippen LogP contribution in [-0.4, -0.2) is 18.8 Å². The van der Waals surface area contributed by atoms with Crippen molar-refractivity contribution in [2.24, 2.45) is 5.41 Å². The zero-order chi connectivity index (χ0) is 13.8. The summed E-state index contributed by atoms with van der Waals surface area (Å²) in [6.07, 6.45) is 0.490. The van der Waals surface area contributed by atoms with E-state index in [2.05, 4.69) is 26.0 Å². The minimum absolute atomic E-state index is 0.154. The smallest absolute Gasteiger partial charge is 0.122 e. The Morgan fingerprint density at radius 1 is 1.44 bits per heavy atom. The lowest BCUT2D eigenvalue weighted by Gasteiger charge is -2.21. The number of methoxy groups -OCH3 is 1. The van der Waals surface area contributed by atoms with E-state index in [9.17, 15) is 5.11 Å². The topological polar surface area (TPSA) is 53.2 Å². The van der Waals surface area contributed by atoms with E-state index in [-0.39, 0.29) is 6.61 Å². The lowest BCUT2D eigenvalue weighted by Crippen LogP contribution is -2.22. The van der Waals surface area contributed by atoms with Crippen LogP contribution in [0.5, 0.6) is 5.75 Å². The third-order valence-electron chi connectivity index (χ3n) is 3.17. The van der Waals surface area contributed by atoms with Crippen molar-refractivity contribution in [1.29, 1.82) is 5.26 Å². The molecule has 1 N–H and O–H groups in total. The van der Waals surface area contributed by atoms with Gasteiger partial charge in [-0.1, -0.05) is 26.0 Å². The van der Waals surface area contributed by atoms with Crippen LogP contribution in [0.1, 0.15) is 37.8 Å². The predicted octanol–water partition coefficient (Wildman–Crippen LogP) is 2.88. The third kappa shape index (κ3) is 3.24. The van der Waals surface area contributed by atoms with Crippen LogP contribution in [0.15, 0.2) is 18.2 Å². The highest BCUT2D eigenvalue weighted by molar-refractivity contribution is 5.39. The van der Waals surface area contributed by atoms with Gasteiger partial charge in [0.1, 0.15) is 5.75 Å². The van der Waals surface area contributed by atoms with Gasteiger partial charge in [0.15, 0.2) is 0 Å². The van der Waals surface area contributed by atoms with Gasteiger partial charge in [0, 0.05) is 0 Å². The van der Waals surface area contributed by atoms with Crippen LogP contribution in [0.25, 0.3) is 0 Å². The molecule has 3 heteroatoms. The van der Waals surface area contributed by atoms with Crippen LogP contribution >= 0.6 is 0 Å². The molecule has 98 valence electrons. The Morgan fingerprint density at radius 3 is 2.56 bits per heavy atom. The average Bonchev–Trinajstić information content (AvgIpc) is 2.38. The summed E-state index contributed by atoms with van der Waals surface area (Å²) in [6.45, 7) is 5.86. The zero-order valence-corrected chi connectivity index (χ0v) is 11.5. The zero-order valence-electron chi connectivity index (χ0n) is 11.5. The fourth-order valence-corrected chi connectivity index (χ4v) is 1.85.